The van der Waals surface area contributed by atoms with E-state index in [0.29, 0.717) is 5.69 Å². The summed E-state index contributed by atoms with van der Waals surface area (Å²) in [5.41, 5.74) is 0.825. The molecule has 3 heterocycles. The molecule has 9 nitrogen and oxygen atoms in total. The first-order valence-corrected chi connectivity index (χ1v) is 6.73. The van der Waals surface area contributed by atoms with Crippen LogP contribution >= 0.6 is 0 Å². The Labute approximate surface area is 125 Å². The van der Waals surface area contributed by atoms with Crippen LogP contribution in [0, 0.1) is 0 Å². The van der Waals surface area contributed by atoms with Crippen LogP contribution in [0.5, 0.6) is 0 Å². The summed E-state index contributed by atoms with van der Waals surface area (Å²) in [5.74, 6) is -0.167. The van der Waals surface area contributed by atoms with Crippen LogP contribution in [-0.4, -0.2) is 35.7 Å². The van der Waals surface area contributed by atoms with Gasteiger partial charge in [0.1, 0.15) is 5.69 Å². The van der Waals surface area contributed by atoms with Gasteiger partial charge >= 0.3 is 6.01 Å². The number of aromatic nitrogens is 6. The lowest BCUT2D eigenvalue weighted by Crippen LogP contribution is -2.13. The zero-order valence-corrected chi connectivity index (χ0v) is 12.4. The maximum absolute atomic E-state index is 11.9. The van der Waals surface area contributed by atoms with E-state index in [1.165, 1.54) is 4.68 Å². The molecule has 0 bridgehead atoms. The molecule has 0 saturated heterocycles. The molecule has 1 amide bonds. The van der Waals surface area contributed by atoms with Gasteiger partial charge in [-0.3, -0.25) is 19.5 Å². The zero-order chi connectivity index (χ0) is 15.7. The fourth-order valence-electron chi connectivity index (χ4n) is 1.81. The van der Waals surface area contributed by atoms with Crippen molar-refractivity contribution in [3.8, 4) is 11.6 Å². The van der Waals surface area contributed by atoms with Crippen molar-refractivity contribution < 1.29 is 9.21 Å². The minimum atomic E-state index is -0.413. The topological polar surface area (TPSA) is 104 Å². The van der Waals surface area contributed by atoms with Crippen LogP contribution in [0.4, 0.5) is 6.01 Å². The number of rotatable bonds is 4. The molecule has 0 aliphatic rings. The van der Waals surface area contributed by atoms with Gasteiger partial charge in [0, 0.05) is 25.5 Å². The largest absolute Gasteiger partial charge is 0.401 e. The van der Waals surface area contributed by atoms with Gasteiger partial charge in [-0.2, -0.15) is 10.2 Å². The summed E-state index contributed by atoms with van der Waals surface area (Å²) in [6.07, 6.45) is 3.50. The number of nitrogens with one attached hydrogen (secondary N) is 1. The molecule has 0 aromatic carbocycles. The molecular formula is C13H15N7O2. The summed E-state index contributed by atoms with van der Waals surface area (Å²) in [4.78, 5) is 11.9. The van der Waals surface area contributed by atoms with Crippen molar-refractivity contribution in [3.63, 3.8) is 0 Å². The molecule has 0 aliphatic carbocycles. The number of anilines is 1. The highest BCUT2D eigenvalue weighted by Crippen LogP contribution is 2.19. The SMILES string of the molecule is CC(C)n1ccc(-c2nnc(NC(=O)c3ccn(C)n3)o2)n1. The van der Waals surface area contributed by atoms with Gasteiger partial charge in [-0.05, 0) is 26.0 Å². The predicted molar refractivity (Wildman–Crippen MR) is 77.1 cm³/mol. The fourth-order valence-corrected chi connectivity index (χ4v) is 1.81. The van der Waals surface area contributed by atoms with E-state index in [4.69, 9.17) is 4.42 Å². The molecule has 0 fully saturated rings. The lowest BCUT2D eigenvalue weighted by Gasteiger charge is -2.02. The first-order valence-electron chi connectivity index (χ1n) is 6.73. The van der Waals surface area contributed by atoms with Crippen molar-refractivity contribution in [2.75, 3.05) is 5.32 Å². The lowest BCUT2D eigenvalue weighted by molar-refractivity contribution is 0.101. The van der Waals surface area contributed by atoms with E-state index in [1.807, 2.05) is 20.0 Å². The third-order valence-electron chi connectivity index (χ3n) is 2.95. The molecule has 0 aliphatic heterocycles. The maximum Gasteiger partial charge on any atom is 0.322 e. The minimum Gasteiger partial charge on any atom is -0.401 e. The third-order valence-corrected chi connectivity index (χ3v) is 2.95. The van der Waals surface area contributed by atoms with Crippen molar-refractivity contribution >= 4 is 11.9 Å². The average Bonchev–Trinajstić information content (AvgIpc) is 3.16. The highest BCUT2D eigenvalue weighted by atomic mass is 16.4. The predicted octanol–water partition coefficient (Wildman–Crippen LogP) is 1.50. The number of hydrogen-bond acceptors (Lipinski definition) is 6. The number of amides is 1. The van der Waals surface area contributed by atoms with Crippen molar-refractivity contribution in [1.82, 2.24) is 29.8 Å². The first kappa shape index (κ1) is 14.0. The van der Waals surface area contributed by atoms with Gasteiger partial charge in [0.15, 0.2) is 5.69 Å². The Hall–Kier alpha value is -2.97. The van der Waals surface area contributed by atoms with E-state index in [2.05, 4.69) is 25.7 Å². The molecule has 0 radical (unpaired) electrons. The second-order valence-electron chi connectivity index (χ2n) is 5.02. The summed E-state index contributed by atoms with van der Waals surface area (Å²) in [6.45, 7) is 4.03. The van der Waals surface area contributed by atoms with Crippen LogP contribution in [0.2, 0.25) is 0 Å². The van der Waals surface area contributed by atoms with E-state index < -0.39 is 5.91 Å². The van der Waals surface area contributed by atoms with Crippen LogP contribution in [0.1, 0.15) is 30.4 Å². The van der Waals surface area contributed by atoms with E-state index in [9.17, 15) is 4.79 Å². The maximum atomic E-state index is 11.9. The monoisotopic (exact) mass is 301 g/mol. The van der Waals surface area contributed by atoms with Gasteiger partial charge in [0.2, 0.25) is 0 Å². The Balaban J connectivity index is 1.74. The molecule has 0 atom stereocenters. The molecule has 22 heavy (non-hydrogen) atoms. The minimum absolute atomic E-state index is 0.00440. The number of aryl methyl sites for hydroxylation is 1. The van der Waals surface area contributed by atoms with Gasteiger partial charge in [-0.25, -0.2) is 0 Å². The number of carbonyl (C=O) groups excluding carboxylic acids is 1. The summed E-state index contributed by atoms with van der Waals surface area (Å²) in [7, 11) is 1.73. The van der Waals surface area contributed by atoms with Crippen LogP contribution in [-0.2, 0) is 7.05 Å². The summed E-state index contributed by atoms with van der Waals surface area (Å²) < 4.78 is 8.71. The van der Waals surface area contributed by atoms with Gasteiger partial charge in [0.05, 0.1) is 0 Å². The van der Waals surface area contributed by atoms with Crippen LogP contribution in [0.15, 0.2) is 28.9 Å². The second kappa shape index (κ2) is 5.43. The molecule has 0 unspecified atom stereocenters. The Morgan fingerprint density at radius 3 is 2.68 bits per heavy atom. The van der Waals surface area contributed by atoms with Crippen molar-refractivity contribution in [1.29, 1.82) is 0 Å². The Morgan fingerprint density at radius 1 is 1.23 bits per heavy atom. The summed E-state index contributed by atoms with van der Waals surface area (Å²) in [5, 5.41) is 18.5. The zero-order valence-electron chi connectivity index (χ0n) is 12.4. The fraction of sp³-hybridized carbons (Fsp3) is 0.308. The molecule has 3 aromatic heterocycles. The van der Waals surface area contributed by atoms with Crippen LogP contribution < -0.4 is 5.32 Å². The smallest absolute Gasteiger partial charge is 0.322 e. The van der Waals surface area contributed by atoms with E-state index in [1.54, 1.807) is 30.1 Å². The standard InChI is InChI=1S/C13H15N7O2/c1-8(2)20-7-5-10(18-20)12-15-16-13(22-12)14-11(21)9-4-6-19(3)17-9/h4-8H,1-3H3,(H,14,16,21). The Morgan fingerprint density at radius 2 is 2.05 bits per heavy atom. The third kappa shape index (κ3) is 2.73. The van der Waals surface area contributed by atoms with Crippen molar-refractivity contribution in [2.24, 2.45) is 7.05 Å². The average molecular weight is 301 g/mol. The number of hydrogen-bond donors (Lipinski definition) is 1. The molecule has 0 spiro atoms. The Kier molecular flexibility index (Phi) is 3.45. The van der Waals surface area contributed by atoms with E-state index in [-0.39, 0.29) is 23.6 Å². The second-order valence-corrected chi connectivity index (χ2v) is 5.02. The van der Waals surface area contributed by atoms with Gasteiger partial charge in [-0.1, -0.05) is 5.10 Å². The van der Waals surface area contributed by atoms with Crippen molar-refractivity contribution in [2.45, 2.75) is 19.9 Å². The molecule has 3 aromatic rings. The Bertz CT molecular complexity index is 799. The number of carbonyl (C=O) groups is 1. The molecular weight excluding hydrogens is 286 g/mol. The summed E-state index contributed by atoms with van der Waals surface area (Å²) in [6, 6.07) is 3.61. The van der Waals surface area contributed by atoms with Crippen LogP contribution in [0.25, 0.3) is 11.6 Å². The highest BCUT2D eigenvalue weighted by Gasteiger charge is 2.16. The quantitative estimate of drug-likeness (QED) is 0.783. The number of nitrogens with zero attached hydrogens (tertiary/aromatic N) is 6. The lowest BCUT2D eigenvalue weighted by atomic mass is 10.4. The molecule has 0 saturated carbocycles. The van der Waals surface area contributed by atoms with Crippen molar-refractivity contribution in [3.05, 3.63) is 30.2 Å². The van der Waals surface area contributed by atoms with Gasteiger partial charge in [0.25, 0.3) is 11.8 Å². The van der Waals surface area contributed by atoms with E-state index >= 15 is 0 Å². The normalized spacial score (nSPS) is 11.1. The molecule has 114 valence electrons. The summed E-state index contributed by atoms with van der Waals surface area (Å²) >= 11 is 0. The van der Waals surface area contributed by atoms with Gasteiger partial charge in [-0.15, -0.1) is 5.10 Å². The van der Waals surface area contributed by atoms with E-state index in [0.717, 1.165) is 0 Å². The molecule has 9 heteroatoms. The molecule has 1 N–H and O–H groups in total. The molecule has 3 rings (SSSR count). The van der Waals surface area contributed by atoms with Crippen LogP contribution in [0.3, 0.4) is 0 Å². The highest BCUT2D eigenvalue weighted by molar-refractivity contribution is 6.01. The first-order chi connectivity index (χ1) is 10.5. The van der Waals surface area contributed by atoms with Gasteiger partial charge < -0.3 is 4.42 Å².